The number of quaternary nitrogens is 1. The molecule has 8 nitrogen and oxygen atoms in total. The Morgan fingerprint density at radius 3 is 2.58 bits per heavy atom. The fourth-order valence-corrected chi connectivity index (χ4v) is 4.26. The van der Waals surface area contributed by atoms with Crippen LogP contribution in [0.5, 0.6) is 0 Å². The number of carboxylic acids is 1. The summed E-state index contributed by atoms with van der Waals surface area (Å²) in [5.74, 6) is -1.07. The molecule has 2 unspecified atom stereocenters. The molecule has 1 aliphatic heterocycles. The molecule has 0 bridgehead atoms. The molecule has 2 atom stereocenters. The van der Waals surface area contributed by atoms with Crippen LogP contribution in [0.1, 0.15) is 67.7 Å². The molecule has 0 aliphatic carbocycles. The maximum absolute atomic E-state index is 11.6. The van der Waals surface area contributed by atoms with Gasteiger partial charge in [0.25, 0.3) is 0 Å². The molecule has 0 amide bonds. The number of aryl methyl sites for hydroxylation is 2. The summed E-state index contributed by atoms with van der Waals surface area (Å²) in [5, 5.41) is 11.5. The van der Waals surface area contributed by atoms with Gasteiger partial charge in [-0.3, -0.25) is 14.9 Å². The Hall–Kier alpha value is -2.71. The van der Waals surface area contributed by atoms with Crippen LogP contribution in [0.2, 0.25) is 0 Å². The number of carbonyl (C=O) groups is 2. The Labute approximate surface area is 211 Å². The smallest absolute Gasteiger partial charge is 0.380 e. The fourth-order valence-electron chi connectivity index (χ4n) is 4.14. The molecule has 1 aliphatic rings. The van der Waals surface area contributed by atoms with E-state index in [4.69, 9.17) is 0 Å². The van der Waals surface area contributed by atoms with Gasteiger partial charge in [-0.25, -0.2) is 4.79 Å². The summed E-state index contributed by atoms with van der Waals surface area (Å²) >= 11 is 0. The van der Waals surface area contributed by atoms with Gasteiger partial charge in [-0.1, -0.05) is 25.3 Å². The van der Waals surface area contributed by atoms with E-state index in [1.165, 1.54) is 42.5 Å². The molecule has 0 saturated carbocycles. The number of esters is 1. The second kappa shape index (κ2) is 14.8. The lowest BCUT2D eigenvalue weighted by molar-refractivity contribution is -0.653. The number of halogens is 2. The summed E-state index contributed by atoms with van der Waals surface area (Å²) in [6.07, 6.45) is 10.4. The van der Waals surface area contributed by atoms with Crippen molar-refractivity contribution in [3.8, 4) is 0 Å². The first-order chi connectivity index (χ1) is 17.1. The average Bonchev–Trinajstić information content (AvgIpc) is 2.85. The monoisotopic (exact) mass is 527 g/mol. The number of alkyl halides is 2. The van der Waals surface area contributed by atoms with Gasteiger partial charge in [-0.15, -0.1) is 0 Å². The third-order valence-corrected chi connectivity index (χ3v) is 6.27. The first-order valence-electron chi connectivity index (χ1n) is 12.1. The lowest BCUT2D eigenvalue weighted by atomic mass is 9.91. The van der Waals surface area contributed by atoms with Crippen LogP contribution >= 0.6 is 9.24 Å². The number of fused-ring (bicyclic) bond motifs is 1. The van der Waals surface area contributed by atoms with Gasteiger partial charge >= 0.3 is 23.4 Å². The van der Waals surface area contributed by atoms with Gasteiger partial charge in [0.2, 0.25) is 5.56 Å². The number of hydrogen-bond donors (Lipinski definition) is 3. The van der Waals surface area contributed by atoms with Crippen molar-refractivity contribution < 1.29 is 38.5 Å². The van der Waals surface area contributed by atoms with E-state index in [1.807, 2.05) is 0 Å². The highest BCUT2D eigenvalue weighted by Gasteiger charge is 2.33. The molecule has 3 rings (SSSR count). The second-order valence-electron chi connectivity index (χ2n) is 8.87. The van der Waals surface area contributed by atoms with Gasteiger partial charge < -0.3 is 14.8 Å². The molecule has 5 N–H and O–H groups in total. The van der Waals surface area contributed by atoms with Crippen LogP contribution in [0.4, 0.5) is 14.6 Å². The van der Waals surface area contributed by atoms with Crippen molar-refractivity contribution in [3.05, 3.63) is 57.6 Å². The normalized spacial score (nSPS) is 13.7. The van der Waals surface area contributed by atoms with Crippen LogP contribution in [0.25, 0.3) is 0 Å². The van der Waals surface area contributed by atoms with Crippen LogP contribution in [0.3, 0.4) is 0 Å². The quantitative estimate of drug-likeness (QED) is 0.235. The number of unbranched alkanes of at least 4 members (excludes halogenated alkanes) is 3. The maximum atomic E-state index is 11.6. The molecule has 0 radical (unpaired) electrons. The summed E-state index contributed by atoms with van der Waals surface area (Å²) < 4.78 is 26.9. The van der Waals surface area contributed by atoms with Crippen LogP contribution in [-0.2, 0) is 27.2 Å². The minimum absolute atomic E-state index is 0.0427. The van der Waals surface area contributed by atoms with E-state index in [2.05, 4.69) is 32.2 Å². The van der Waals surface area contributed by atoms with Crippen molar-refractivity contribution in [2.45, 2.75) is 69.4 Å². The first-order valence-corrected chi connectivity index (χ1v) is 12.7. The Bertz CT molecular complexity index is 1040. The number of carbonyl (C=O) groups excluding carboxylic acids is 1. The zero-order valence-corrected chi connectivity index (χ0v) is 21.7. The Morgan fingerprint density at radius 2 is 1.97 bits per heavy atom. The number of pyridine rings is 2. The fraction of sp³-hybridized carbons (Fsp3) is 0.520. The zero-order valence-electron chi connectivity index (χ0n) is 20.5. The van der Waals surface area contributed by atoms with Crippen molar-refractivity contribution in [1.82, 2.24) is 4.98 Å². The summed E-state index contributed by atoms with van der Waals surface area (Å²) in [6, 6.07) is 7.70. The highest BCUT2D eigenvalue weighted by atomic mass is 31.0. The molecule has 198 valence electrons. The largest absolute Gasteiger partial charge is 0.481 e. The number of H-pyrrole nitrogens is 2. The number of aromatic nitrogens is 2. The van der Waals surface area contributed by atoms with Crippen LogP contribution in [0, 0.1) is 0 Å². The topological polar surface area (TPSA) is 127 Å². The summed E-state index contributed by atoms with van der Waals surface area (Å²) in [5.41, 5.74) is 0.0429. The van der Waals surface area contributed by atoms with E-state index < -0.39 is 17.6 Å². The third kappa shape index (κ3) is 10.5. The van der Waals surface area contributed by atoms with Crippen LogP contribution in [0.15, 0.2) is 35.3 Å². The van der Waals surface area contributed by atoms with Crippen molar-refractivity contribution in [2.24, 2.45) is 0 Å². The van der Waals surface area contributed by atoms with Crippen LogP contribution < -0.4 is 15.9 Å². The molecule has 3 heterocycles. The number of aliphatic carboxylic acids is 1. The number of nitrogens with two attached hydrogens (primary N) is 1. The van der Waals surface area contributed by atoms with Crippen molar-refractivity contribution in [2.75, 3.05) is 13.7 Å². The summed E-state index contributed by atoms with van der Waals surface area (Å²) in [6.45, 7) is 1.17. The highest BCUT2D eigenvalue weighted by Crippen LogP contribution is 2.25. The standard InChI is InChI=1S/C22H29N3O3.C3H5F2O2P/c26-20-12-10-18(15-24-20)17(14-21(27)28)6-3-1-2-4-8-19-11-9-16-7-5-13-23-22(16)25-19;1-7-2(6)3(4,5)8/h9-12,15,17H,1-8,13-14H2,(H,23,25)(H,24,26)(H,27,28);8H2,1H3/p+2. The minimum atomic E-state index is -3.44. The molecule has 0 saturated heterocycles. The van der Waals surface area contributed by atoms with E-state index >= 15 is 0 Å². The Kier molecular flexibility index (Phi) is 12.1. The highest BCUT2D eigenvalue weighted by molar-refractivity contribution is 7.20. The van der Waals surface area contributed by atoms with Gasteiger partial charge in [0, 0.05) is 31.2 Å². The number of nitrogens with one attached hydrogen (secondary N) is 2. The molecule has 2 aromatic heterocycles. The second-order valence-corrected chi connectivity index (χ2v) is 9.59. The minimum Gasteiger partial charge on any atom is -0.481 e. The van der Waals surface area contributed by atoms with Gasteiger partial charge in [0.1, 0.15) is 0 Å². The van der Waals surface area contributed by atoms with Gasteiger partial charge in [0.15, 0.2) is 5.69 Å². The molecule has 11 heteroatoms. The zero-order chi connectivity index (χ0) is 26.6. The third-order valence-electron chi connectivity index (χ3n) is 6.03. The molecular weight excluding hydrogens is 491 g/mol. The lowest BCUT2D eigenvalue weighted by Gasteiger charge is -2.14. The van der Waals surface area contributed by atoms with E-state index in [1.54, 1.807) is 12.3 Å². The van der Waals surface area contributed by atoms with Gasteiger partial charge in [-0.05, 0) is 46.0 Å². The van der Waals surface area contributed by atoms with Gasteiger partial charge in [0.05, 0.1) is 25.6 Å². The van der Waals surface area contributed by atoms with E-state index in [0.29, 0.717) is 0 Å². The van der Waals surface area contributed by atoms with Gasteiger partial charge in [-0.2, -0.15) is 13.8 Å². The maximum Gasteiger partial charge on any atom is 0.380 e. The molecule has 0 fully saturated rings. The van der Waals surface area contributed by atoms with Crippen molar-refractivity contribution >= 4 is 27.0 Å². The number of ether oxygens (including phenoxy) is 1. The lowest BCUT2D eigenvalue weighted by Crippen LogP contribution is -2.82. The Morgan fingerprint density at radius 1 is 1.22 bits per heavy atom. The van der Waals surface area contributed by atoms with Crippen LogP contribution in [-0.4, -0.2) is 41.3 Å². The molecule has 36 heavy (non-hydrogen) atoms. The Balaban J connectivity index is 0.000000493. The number of carboxylic acid groups (broad SMARTS) is 1. The number of aromatic amines is 2. The number of methoxy groups -OCH3 is 1. The summed E-state index contributed by atoms with van der Waals surface area (Å²) in [4.78, 5) is 38.4. The molecule has 0 spiro atoms. The molecular formula is C25H36F2N3O5P+2. The van der Waals surface area contributed by atoms with E-state index in [-0.39, 0.29) is 17.9 Å². The number of hydrogen-bond acceptors (Lipinski definition) is 4. The van der Waals surface area contributed by atoms with E-state index in [0.717, 1.165) is 60.4 Å². The van der Waals surface area contributed by atoms with Crippen molar-refractivity contribution in [3.63, 3.8) is 0 Å². The van der Waals surface area contributed by atoms with E-state index in [9.17, 15) is 28.3 Å². The molecule has 0 aromatic carbocycles. The first kappa shape index (κ1) is 29.5. The summed E-state index contributed by atoms with van der Waals surface area (Å²) in [7, 11) is 1.97. The number of rotatable bonds is 11. The SMILES string of the molecule is COC(=O)C(F)(F)P.O=C(O)CC(CCCCCCc1ccc2c([nH+]1)[NH2+]CCC2)c1ccc(=O)[nH]c1. The predicted molar refractivity (Wildman–Crippen MR) is 133 cm³/mol. The predicted octanol–water partition coefficient (Wildman–Crippen LogP) is 2.71. The average molecular weight is 528 g/mol. The molecule has 2 aromatic rings. The van der Waals surface area contributed by atoms with Crippen molar-refractivity contribution in [1.29, 1.82) is 0 Å².